The van der Waals surface area contributed by atoms with Gasteiger partial charge in [0.15, 0.2) is 11.8 Å². The SMILES string of the molecule is CCNC(=NCc1nncn1C)NCCCSc1ccc(F)cc1.I. The predicted octanol–water partition coefficient (Wildman–Crippen LogP) is 2.81. The standard InChI is InChI=1S/C16H23FN6S.HI/c1-3-18-16(20-11-15-22-21-12-23(15)2)19-9-4-10-24-14-7-5-13(17)6-8-14;/h5-8,12H,3-4,9-11H2,1-2H3,(H2,18,19,20);1H. The number of aromatic nitrogens is 3. The molecule has 0 saturated heterocycles. The zero-order chi connectivity index (χ0) is 17.2. The van der Waals surface area contributed by atoms with E-state index in [1.165, 1.54) is 12.1 Å². The third kappa shape index (κ3) is 8.04. The van der Waals surface area contributed by atoms with E-state index >= 15 is 0 Å². The molecule has 138 valence electrons. The number of aryl methyl sites for hydroxylation is 1. The van der Waals surface area contributed by atoms with Crippen molar-refractivity contribution in [1.82, 2.24) is 25.4 Å². The maximum atomic E-state index is 12.8. The first kappa shape index (κ1) is 21.7. The minimum atomic E-state index is -0.199. The van der Waals surface area contributed by atoms with Crippen molar-refractivity contribution in [2.45, 2.75) is 24.8 Å². The van der Waals surface area contributed by atoms with Gasteiger partial charge in [-0.15, -0.1) is 45.9 Å². The minimum absolute atomic E-state index is 0. The Bertz CT molecular complexity index is 646. The Kier molecular flexibility index (Phi) is 10.5. The number of benzene rings is 1. The molecule has 6 nitrogen and oxygen atoms in total. The predicted molar refractivity (Wildman–Crippen MR) is 111 cm³/mol. The van der Waals surface area contributed by atoms with Gasteiger partial charge in [0, 0.05) is 25.0 Å². The molecule has 1 aromatic heterocycles. The van der Waals surface area contributed by atoms with Gasteiger partial charge in [-0.1, -0.05) is 0 Å². The van der Waals surface area contributed by atoms with Gasteiger partial charge in [-0.25, -0.2) is 9.38 Å². The van der Waals surface area contributed by atoms with Crippen molar-refractivity contribution in [3.63, 3.8) is 0 Å². The highest BCUT2D eigenvalue weighted by atomic mass is 127. The second-order valence-corrected chi connectivity index (χ2v) is 6.30. The Labute approximate surface area is 169 Å². The summed E-state index contributed by atoms with van der Waals surface area (Å²) in [6.07, 6.45) is 2.65. The number of hydrogen-bond acceptors (Lipinski definition) is 4. The Hall–Kier alpha value is -1.36. The summed E-state index contributed by atoms with van der Waals surface area (Å²) in [5, 5.41) is 14.4. The topological polar surface area (TPSA) is 67.1 Å². The van der Waals surface area contributed by atoms with Crippen LogP contribution in [0.2, 0.25) is 0 Å². The summed E-state index contributed by atoms with van der Waals surface area (Å²) in [6, 6.07) is 6.59. The van der Waals surface area contributed by atoms with Crippen molar-refractivity contribution in [3.8, 4) is 0 Å². The number of nitrogens with one attached hydrogen (secondary N) is 2. The molecule has 0 bridgehead atoms. The summed E-state index contributed by atoms with van der Waals surface area (Å²) in [6.45, 7) is 4.13. The molecule has 0 radical (unpaired) electrons. The Balaban J connectivity index is 0.00000312. The van der Waals surface area contributed by atoms with Gasteiger partial charge in [-0.3, -0.25) is 0 Å². The van der Waals surface area contributed by atoms with Crippen LogP contribution in [0, 0.1) is 5.82 Å². The molecule has 0 aliphatic carbocycles. The Morgan fingerprint density at radius 1 is 1.28 bits per heavy atom. The molecule has 0 aliphatic rings. The van der Waals surface area contributed by atoms with E-state index in [0.29, 0.717) is 6.54 Å². The smallest absolute Gasteiger partial charge is 0.191 e. The van der Waals surface area contributed by atoms with Crippen LogP contribution in [0.4, 0.5) is 4.39 Å². The second kappa shape index (κ2) is 12.1. The van der Waals surface area contributed by atoms with E-state index in [0.717, 1.165) is 41.9 Å². The number of hydrogen-bond donors (Lipinski definition) is 2. The largest absolute Gasteiger partial charge is 0.357 e. The summed E-state index contributed by atoms with van der Waals surface area (Å²) in [7, 11) is 1.90. The normalized spacial score (nSPS) is 11.1. The van der Waals surface area contributed by atoms with E-state index in [2.05, 4.69) is 25.8 Å². The fourth-order valence-corrected chi connectivity index (χ4v) is 2.79. The summed E-state index contributed by atoms with van der Waals surface area (Å²) >= 11 is 1.72. The van der Waals surface area contributed by atoms with Gasteiger partial charge in [0.1, 0.15) is 18.7 Å². The van der Waals surface area contributed by atoms with Crippen LogP contribution >= 0.6 is 35.7 Å². The molecule has 25 heavy (non-hydrogen) atoms. The number of rotatable bonds is 8. The van der Waals surface area contributed by atoms with Crippen LogP contribution < -0.4 is 10.6 Å². The molecule has 2 rings (SSSR count). The van der Waals surface area contributed by atoms with Gasteiger partial charge in [-0.2, -0.15) is 0 Å². The van der Waals surface area contributed by atoms with Crippen molar-refractivity contribution >= 4 is 41.7 Å². The van der Waals surface area contributed by atoms with Crippen LogP contribution in [-0.2, 0) is 13.6 Å². The van der Waals surface area contributed by atoms with E-state index in [1.54, 1.807) is 30.2 Å². The number of guanidine groups is 1. The van der Waals surface area contributed by atoms with Crippen molar-refractivity contribution in [2.24, 2.45) is 12.0 Å². The molecule has 2 N–H and O–H groups in total. The Morgan fingerprint density at radius 2 is 2.04 bits per heavy atom. The van der Waals surface area contributed by atoms with E-state index in [1.807, 2.05) is 18.5 Å². The van der Waals surface area contributed by atoms with Crippen molar-refractivity contribution in [1.29, 1.82) is 0 Å². The van der Waals surface area contributed by atoms with Crippen LogP contribution in [-0.4, -0.2) is 39.6 Å². The number of aliphatic imine (C=N–C) groups is 1. The zero-order valence-electron chi connectivity index (χ0n) is 14.4. The molecule has 0 saturated carbocycles. The van der Waals surface area contributed by atoms with E-state index in [9.17, 15) is 4.39 Å². The van der Waals surface area contributed by atoms with Gasteiger partial charge < -0.3 is 15.2 Å². The molecule has 2 aromatic rings. The summed E-state index contributed by atoms with van der Waals surface area (Å²) in [5.41, 5.74) is 0. The third-order valence-electron chi connectivity index (χ3n) is 3.22. The third-order valence-corrected chi connectivity index (χ3v) is 4.32. The molecule has 0 aliphatic heterocycles. The van der Waals surface area contributed by atoms with Crippen LogP contribution in [0.15, 0.2) is 40.5 Å². The van der Waals surface area contributed by atoms with E-state index < -0.39 is 0 Å². The molecule has 1 aromatic carbocycles. The first-order chi connectivity index (χ1) is 11.7. The molecule has 0 unspecified atom stereocenters. The van der Waals surface area contributed by atoms with Gasteiger partial charge in [0.2, 0.25) is 0 Å². The molecular weight excluding hydrogens is 454 g/mol. The van der Waals surface area contributed by atoms with Crippen LogP contribution in [0.1, 0.15) is 19.2 Å². The van der Waals surface area contributed by atoms with Crippen LogP contribution in [0.5, 0.6) is 0 Å². The van der Waals surface area contributed by atoms with Crippen LogP contribution in [0.3, 0.4) is 0 Å². The fourth-order valence-electron chi connectivity index (χ4n) is 1.94. The zero-order valence-corrected chi connectivity index (χ0v) is 17.6. The van der Waals surface area contributed by atoms with Crippen molar-refractivity contribution in [2.75, 3.05) is 18.8 Å². The van der Waals surface area contributed by atoms with E-state index in [4.69, 9.17) is 0 Å². The lowest BCUT2D eigenvalue weighted by molar-refractivity contribution is 0.626. The minimum Gasteiger partial charge on any atom is -0.357 e. The average Bonchev–Trinajstić information content (AvgIpc) is 2.99. The second-order valence-electron chi connectivity index (χ2n) is 5.14. The van der Waals surface area contributed by atoms with E-state index in [-0.39, 0.29) is 29.8 Å². The van der Waals surface area contributed by atoms with Gasteiger partial charge >= 0.3 is 0 Å². The lowest BCUT2D eigenvalue weighted by atomic mass is 10.4. The molecular formula is C16H24FIN6S. The number of nitrogens with zero attached hydrogens (tertiary/aromatic N) is 4. The monoisotopic (exact) mass is 478 g/mol. The molecule has 0 amide bonds. The maximum absolute atomic E-state index is 12.8. The van der Waals surface area contributed by atoms with Gasteiger partial charge in [0.25, 0.3) is 0 Å². The first-order valence-corrected chi connectivity index (χ1v) is 8.91. The summed E-state index contributed by atoms with van der Waals surface area (Å²) < 4.78 is 14.7. The van der Waals surface area contributed by atoms with Crippen LogP contribution in [0.25, 0.3) is 0 Å². The molecule has 0 atom stereocenters. The summed E-state index contributed by atoms with van der Waals surface area (Å²) in [4.78, 5) is 5.59. The highest BCUT2D eigenvalue weighted by Gasteiger charge is 2.01. The highest BCUT2D eigenvalue weighted by Crippen LogP contribution is 2.18. The molecule has 0 fully saturated rings. The van der Waals surface area contributed by atoms with Crippen molar-refractivity contribution in [3.05, 3.63) is 42.2 Å². The Morgan fingerprint density at radius 3 is 2.68 bits per heavy atom. The fraction of sp³-hybridized carbons (Fsp3) is 0.438. The lowest BCUT2D eigenvalue weighted by Gasteiger charge is -2.11. The number of thioether (sulfide) groups is 1. The number of halogens is 2. The first-order valence-electron chi connectivity index (χ1n) is 7.92. The highest BCUT2D eigenvalue weighted by molar-refractivity contribution is 14.0. The molecule has 0 spiro atoms. The quantitative estimate of drug-likeness (QED) is 0.201. The van der Waals surface area contributed by atoms with Gasteiger partial charge in [-0.05, 0) is 43.4 Å². The lowest BCUT2D eigenvalue weighted by Crippen LogP contribution is -2.38. The molecule has 1 heterocycles. The maximum Gasteiger partial charge on any atom is 0.191 e. The molecule has 9 heteroatoms. The summed E-state index contributed by atoms with van der Waals surface area (Å²) in [5.74, 6) is 2.35. The van der Waals surface area contributed by atoms with Gasteiger partial charge in [0.05, 0.1) is 0 Å². The average molecular weight is 478 g/mol. The van der Waals surface area contributed by atoms with Crippen molar-refractivity contribution < 1.29 is 4.39 Å².